The standard InChI is InChI=1S/C12H19N3/c1-2-11-4-3-5-15(8-11)9-12-6-13-10-14-7-12/h6-7,10-11H,2-5,8-9H2,1H3/t11-/m1/s1. The smallest absolute Gasteiger partial charge is 0.115 e. The van der Waals surface area contributed by atoms with Gasteiger partial charge in [0.15, 0.2) is 0 Å². The first kappa shape index (κ1) is 10.6. The molecular formula is C12H19N3. The first-order valence-electron chi connectivity index (χ1n) is 5.84. The zero-order valence-electron chi connectivity index (χ0n) is 9.39. The van der Waals surface area contributed by atoms with E-state index in [1.54, 1.807) is 6.33 Å². The summed E-state index contributed by atoms with van der Waals surface area (Å²) in [5.74, 6) is 0.892. The van der Waals surface area contributed by atoms with Crippen LogP contribution < -0.4 is 0 Å². The minimum Gasteiger partial charge on any atom is -0.299 e. The average molecular weight is 205 g/mol. The molecule has 0 spiro atoms. The molecular weight excluding hydrogens is 186 g/mol. The number of hydrogen-bond donors (Lipinski definition) is 0. The minimum absolute atomic E-state index is 0.892. The molecule has 0 aromatic carbocycles. The molecule has 0 amide bonds. The molecule has 1 aliphatic rings. The fraction of sp³-hybridized carbons (Fsp3) is 0.667. The number of rotatable bonds is 3. The Labute approximate surface area is 91.5 Å². The first-order valence-corrected chi connectivity index (χ1v) is 5.84. The molecule has 15 heavy (non-hydrogen) atoms. The summed E-state index contributed by atoms with van der Waals surface area (Å²) in [7, 11) is 0. The second-order valence-electron chi connectivity index (χ2n) is 4.40. The fourth-order valence-corrected chi connectivity index (χ4v) is 2.30. The number of likely N-dealkylation sites (tertiary alicyclic amines) is 1. The Morgan fingerprint density at radius 1 is 1.40 bits per heavy atom. The molecule has 2 rings (SSSR count). The van der Waals surface area contributed by atoms with E-state index in [4.69, 9.17) is 0 Å². The van der Waals surface area contributed by atoms with Crippen LogP contribution in [0.2, 0.25) is 0 Å². The van der Waals surface area contributed by atoms with Gasteiger partial charge < -0.3 is 0 Å². The average Bonchev–Trinajstić information content (AvgIpc) is 2.31. The van der Waals surface area contributed by atoms with Crippen molar-refractivity contribution < 1.29 is 0 Å². The maximum Gasteiger partial charge on any atom is 0.115 e. The molecule has 2 heterocycles. The Balaban J connectivity index is 1.89. The van der Waals surface area contributed by atoms with Gasteiger partial charge >= 0.3 is 0 Å². The highest BCUT2D eigenvalue weighted by Gasteiger charge is 2.18. The molecule has 1 saturated heterocycles. The highest BCUT2D eigenvalue weighted by Crippen LogP contribution is 2.20. The molecule has 1 atom stereocenters. The van der Waals surface area contributed by atoms with Gasteiger partial charge in [-0.1, -0.05) is 13.3 Å². The van der Waals surface area contributed by atoms with E-state index < -0.39 is 0 Å². The summed E-state index contributed by atoms with van der Waals surface area (Å²) in [6, 6.07) is 0. The Kier molecular flexibility index (Phi) is 3.67. The molecule has 0 bridgehead atoms. The van der Waals surface area contributed by atoms with Gasteiger partial charge in [0.2, 0.25) is 0 Å². The topological polar surface area (TPSA) is 29.0 Å². The van der Waals surface area contributed by atoms with Gasteiger partial charge in [0.25, 0.3) is 0 Å². The third kappa shape index (κ3) is 2.99. The van der Waals surface area contributed by atoms with Crippen LogP contribution in [0.3, 0.4) is 0 Å². The predicted octanol–water partition coefficient (Wildman–Crippen LogP) is 2.10. The number of nitrogens with zero attached hydrogens (tertiary/aromatic N) is 3. The van der Waals surface area contributed by atoms with Gasteiger partial charge in [-0.05, 0) is 25.3 Å². The first-order chi connectivity index (χ1) is 7.38. The van der Waals surface area contributed by atoms with Gasteiger partial charge in [-0.15, -0.1) is 0 Å². The van der Waals surface area contributed by atoms with Crippen molar-refractivity contribution in [3.63, 3.8) is 0 Å². The van der Waals surface area contributed by atoms with E-state index in [9.17, 15) is 0 Å². The summed E-state index contributed by atoms with van der Waals surface area (Å²) < 4.78 is 0. The van der Waals surface area contributed by atoms with Gasteiger partial charge in [-0.3, -0.25) is 4.90 Å². The highest BCUT2D eigenvalue weighted by atomic mass is 15.1. The van der Waals surface area contributed by atoms with Crippen molar-refractivity contribution >= 4 is 0 Å². The summed E-state index contributed by atoms with van der Waals surface area (Å²) in [5, 5.41) is 0. The monoisotopic (exact) mass is 205 g/mol. The minimum atomic E-state index is 0.892. The zero-order chi connectivity index (χ0) is 10.5. The highest BCUT2D eigenvalue weighted by molar-refractivity contribution is 5.02. The van der Waals surface area contributed by atoms with Crippen molar-refractivity contribution in [2.24, 2.45) is 5.92 Å². The van der Waals surface area contributed by atoms with Crippen LogP contribution in [0.4, 0.5) is 0 Å². The fourth-order valence-electron chi connectivity index (χ4n) is 2.30. The van der Waals surface area contributed by atoms with Gasteiger partial charge in [-0.25, -0.2) is 9.97 Å². The van der Waals surface area contributed by atoms with Crippen LogP contribution in [0.25, 0.3) is 0 Å². The molecule has 1 aromatic rings. The Morgan fingerprint density at radius 2 is 2.20 bits per heavy atom. The van der Waals surface area contributed by atoms with Gasteiger partial charge in [0.1, 0.15) is 6.33 Å². The van der Waals surface area contributed by atoms with Gasteiger partial charge in [0.05, 0.1) is 0 Å². The van der Waals surface area contributed by atoms with E-state index >= 15 is 0 Å². The number of piperidine rings is 1. The molecule has 1 aliphatic heterocycles. The van der Waals surface area contributed by atoms with Crippen LogP contribution in [-0.4, -0.2) is 28.0 Å². The Hall–Kier alpha value is -0.960. The third-order valence-corrected chi connectivity index (χ3v) is 3.20. The molecule has 3 nitrogen and oxygen atoms in total. The van der Waals surface area contributed by atoms with E-state index in [2.05, 4.69) is 21.8 Å². The van der Waals surface area contributed by atoms with E-state index in [1.807, 2.05) is 12.4 Å². The van der Waals surface area contributed by atoms with Crippen molar-refractivity contribution in [1.82, 2.24) is 14.9 Å². The molecule has 0 unspecified atom stereocenters. The van der Waals surface area contributed by atoms with Crippen molar-refractivity contribution in [1.29, 1.82) is 0 Å². The summed E-state index contributed by atoms with van der Waals surface area (Å²) in [5.41, 5.74) is 1.23. The molecule has 0 N–H and O–H groups in total. The summed E-state index contributed by atoms with van der Waals surface area (Å²) in [6.45, 7) is 5.77. The lowest BCUT2D eigenvalue weighted by molar-refractivity contribution is 0.164. The van der Waals surface area contributed by atoms with E-state index in [0.29, 0.717) is 0 Å². The molecule has 0 saturated carbocycles. The molecule has 1 fully saturated rings. The van der Waals surface area contributed by atoms with Crippen LogP contribution in [0.1, 0.15) is 31.7 Å². The summed E-state index contributed by atoms with van der Waals surface area (Å²) in [4.78, 5) is 10.6. The maximum atomic E-state index is 4.05. The van der Waals surface area contributed by atoms with Crippen LogP contribution in [-0.2, 0) is 6.54 Å². The maximum absolute atomic E-state index is 4.05. The zero-order valence-corrected chi connectivity index (χ0v) is 9.39. The molecule has 1 aromatic heterocycles. The SMILES string of the molecule is CC[C@@H]1CCCN(Cc2cncnc2)C1. The Bertz CT molecular complexity index is 286. The van der Waals surface area contributed by atoms with Gasteiger partial charge in [0, 0.05) is 31.0 Å². The lowest BCUT2D eigenvalue weighted by Gasteiger charge is -2.32. The molecule has 0 aliphatic carbocycles. The van der Waals surface area contributed by atoms with Gasteiger partial charge in [-0.2, -0.15) is 0 Å². The molecule has 3 heteroatoms. The Morgan fingerprint density at radius 3 is 2.93 bits per heavy atom. The number of hydrogen-bond acceptors (Lipinski definition) is 3. The van der Waals surface area contributed by atoms with Crippen molar-refractivity contribution in [3.8, 4) is 0 Å². The van der Waals surface area contributed by atoms with E-state index in [1.165, 1.54) is 37.9 Å². The van der Waals surface area contributed by atoms with Crippen LogP contribution >= 0.6 is 0 Å². The normalized spacial score (nSPS) is 22.9. The van der Waals surface area contributed by atoms with E-state index in [0.717, 1.165) is 12.5 Å². The predicted molar refractivity (Wildman–Crippen MR) is 60.3 cm³/mol. The molecule has 82 valence electrons. The lowest BCUT2D eigenvalue weighted by atomic mass is 9.95. The van der Waals surface area contributed by atoms with Crippen molar-refractivity contribution in [2.45, 2.75) is 32.7 Å². The van der Waals surface area contributed by atoms with Crippen LogP contribution in [0.15, 0.2) is 18.7 Å². The van der Waals surface area contributed by atoms with Crippen molar-refractivity contribution in [2.75, 3.05) is 13.1 Å². The number of aromatic nitrogens is 2. The van der Waals surface area contributed by atoms with Crippen LogP contribution in [0, 0.1) is 5.92 Å². The van der Waals surface area contributed by atoms with Crippen molar-refractivity contribution in [3.05, 3.63) is 24.3 Å². The van der Waals surface area contributed by atoms with Crippen LogP contribution in [0.5, 0.6) is 0 Å². The largest absolute Gasteiger partial charge is 0.299 e. The second kappa shape index (κ2) is 5.21. The molecule has 0 radical (unpaired) electrons. The lowest BCUT2D eigenvalue weighted by Crippen LogP contribution is -2.34. The summed E-state index contributed by atoms with van der Waals surface area (Å²) in [6.07, 6.45) is 9.48. The van der Waals surface area contributed by atoms with E-state index in [-0.39, 0.29) is 0 Å². The quantitative estimate of drug-likeness (QED) is 0.756. The second-order valence-corrected chi connectivity index (χ2v) is 4.40. The summed E-state index contributed by atoms with van der Waals surface area (Å²) >= 11 is 0. The third-order valence-electron chi connectivity index (χ3n) is 3.20.